The maximum absolute atomic E-state index is 10.3. The molecule has 0 unspecified atom stereocenters. The van der Waals surface area contributed by atoms with E-state index in [-0.39, 0.29) is 0 Å². The number of fused-ring (bicyclic) bond motifs is 1. The van der Waals surface area contributed by atoms with Gasteiger partial charge < -0.3 is 25.5 Å². The Kier molecular flexibility index (Phi) is 5.53. The lowest BCUT2D eigenvalue weighted by atomic mass is 10.0. The van der Waals surface area contributed by atoms with Crippen LogP contribution in [0.25, 0.3) is 11.1 Å². The third kappa shape index (κ3) is 4.72. The van der Waals surface area contributed by atoms with Gasteiger partial charge in [0.25, 0.3) is 0 Å². The van der Waals surface area contributed by atoms with E-state index in [2.05, 4.69) is 44.1 Å². The van der Waals surface area contributed by atoms with E-state index >= 15 is 0 Å². The number of nitrogens with one attached hydrogen (secondary N) is 3. The Hall–Kier alpha value is -3.75. The topological polar surface area (TPSA) is 108 Å². The van der Waals surface area contributed by atoms with Gasteiger partial charge in [0.2, 0.25) is 5.95 Å². The largest absolute Gasteiger partial charge is 0.472 e. The van der Waals surface area contributed by atoms with Gasteiger partial charge in [0.15, 0.2) is 0 Å². The highest BCUT2D eigenvalue weighted by molar-refractivity contribution is 5.77. The van der Waals surface area contributed by atoms with Crippen molar-refractivity contribution in [1.82, 2.24) is 20.3 Å². The first kappa shape index (κ1) is 21.1. The van der Waals surface area contributed by atoms with E-state index < -0.39 is 5.60 Å². The average Bonchev–Trinajstić information content (AvgIpc) is 3.34. The molecule has 0 amide bonds. The Labute approximate surface area is 192 Å². The summed E-state index contributed by atoms with van der Waals surface area (Å²) in [4.78, 5) is 13.8. The van der Waals surface area contributed by atoms with Crippen LogP contribution < -0.4 is 16.0 Å². The molecular weight excluding hydrogens is 416 g/mol. The molecule has 8 nitrogen and oxygen atoms in total. The molecule has 0 radical (unpaired) electrons. The molecule has 4 aromatic rings. The zero-order chi connectivity index (χ0) is 22.8. The predicted octanol–water partition coefficient (Wildman–Crippen LogP) is 4.49. The maximum Gasteiger partial charge on any atom is 0.229 e. The molecule has 0 spiro atoms. The third-order valence-corrected chi connectivity index (χ3v) is 5.59. The molecule has 0 bridgehead atoms. The molecule has 4 heterocycles. The van der Waals surface area contributed by atoms with Gasteiger partial charge in [0, 0.05) is 29.6 Å². The Morgan fingerprint density at radius 2 is 1.97 bits per heavy atom. The van der Waals surface area contributed by atoms with Crippen LogP contribution in [0.4, 0.5) is 23.3 Å². The SMILES string of the molecule is CC(C)(O)c1cccc(Nc2nc(Nc3ccc4c(c3)CNCC4)ncc2-c2ccoc2)n1. The quantitative estimate of drug-likeness (QED) is 0.346. The standard InChI is InChI=1S/C25H26N6O2/c1-25(2,32)21-4-3-5-22(29-21)30-23-20(17-9-11-33-15-17)14-27-24(31-23)28-19-7-6-16-8-10-26-13-18(16)12-19/h3-7,9,11-12,14-15,26,32H,8,10,13H2,1-2H3,(H2,27,28,29,30,31). The summed E-state index contributed by atoms with van der Waals surface area (Å²) in [5.74, 6) is 1.62. The molecule has 1 aromatic carbocycles. The van der Waals surface area contributed by atoms with E-state index in [0.717, 1.165) is 36.3 Å². The lowest BCUT2D eigenvalue weighted by Gasteiger charge is -2.19. The maximum atomic E-state index is 10.3. The van der Waals surface area contributed by atoms with Gasteiger partial charge in [-0.3, -0.25) is 0 Å². The van der Waals surface area contributed by atoms with Gasteiger partial charge in [-0.25, -0.2) is 9.97 Å². The van der Waals surface area contributed by atoms with Crippen LogP contribution in [0.5, 0.6) is 0 Å². The van der Waals surface area contributed by atoms with Crippen LogP contribution in [0.3, 0.4) is 0 Å². The minimum Gasteiger partial charge on any atom is -0.472 e. The number of aromatic nitrogens is 3. The number of benzene rings is 1. The first-order valence-corrected chi connectivity index (χ1v) is 10.9. The summed E-state index contributed by atoms with van der Waals surface area (Å²) in [7, 11) is 0. The molecule has 4 N–H and O–H groups in total. The number of nitrogens with zero attached hydrogens (tertiary/aromatic N) is 3. The summed E-state index contributed by atoms with van der Waals surface area (Å²) >= 11 is 0. The van der Waals surface area contributed by atoms with Gasteiger partial charge in [-0.05, 0) is 68.3 Å². The van der Waals surface area contributed by atoms with Crippen molar-refractivity contribution in [3.8, 4) is 11.1 Å². The second-order valence-corrected chi connectivity index (χ2v) is 8.60. The second kappa shape index (κ2) is 8.65. The Morgan fingerprint density at radius 3 is 2.79 bits per heavy atom. The molecule has 0 atom stereocenters. The number of hydrogen-bond acceptors (Lipinski definition) is 8. The zero-order valence-electron chi connectivity index (χ0n) is 18.6. The van der Waals surface area contributed by atoms with Gasteiger partial charge in [0.1, 0.15) is 17.2 Å². The predicted molar refractivity (Wildman–Crippen MR) is 128 cm³/mol. The fourth-order valence-electron chi connectivity index (χ4n) is 3.82. The number of aliphatic hydroxyl groups is 1. The fraction of sp³-hybridized carbons (Fsp3) is 0.240. The number of pyridine rings is 1. The van der Waals surface area contributed by atoms with Crippen molar-refractivity contribution in [3.63, 3.8) is 0 Å². The van der Waals surface area contributed by atoms with E-state index in [9.17, 15) is 5.11 Å². The van der Waals surface area contributed by atoms with Crippen LogP contribution in [0.2, 0.25) is 0 Å². The number of furan rings is 1. The molecule has 1 aliphatic rings. The number of rotatable bonds is 6. The van der Waals surface area contributed by atoms with Crippen molar-refractivity contribution in [2.24, 2.45) is 0 Å². The van der Waals surface area contributed by atoms with E-state index in [1.165, 1.54) is 11.1 Å². The van der Waals surface area contributed by atoms with Crippen molar-refractivity contribution < 1.29 is 9.52 Å². The first-order valence-electron chi connectivity index (χ1n) is 10.9. The summed E-state index contributed by atoms with van der Waals surface area (Å²) in [5.41, 5.74) is 4.73. The summed E-state index contributed by atoms with van der Waals surface area (Å²) < 4.78 is 5.26. The number of anilines is 4. The van der Waals surface area contributed by atoms with E-state index in [1.807, 2.05) is 18.2 Å². The highest BCUT2D eigenvalue weighted by atomic mass is 16.3. The summed E-state index contributed by atoms with van der Waals surface area (Å²) in [6.45, 7) is 5.28. The van der Waals surface area contributed by atoms with Crippen LogP contribution in [0.15, 0.2) is 65.6 Å². The normalized spacial score (nSPS) is 13.4. The molecule has 5 rings (SSSR count). The van der Waals surface area contributed by atoms with Crippen LogP contribution >= 0.6 is 0 Å². The molecule has 168 valence electrons. The van der Waals surface area contributed by atoms with E-state index in [1.54, 1.807) is 38.6 Å². The third-order valence-electron chi connectivity index (χ3n) is 5.59. The lowest BCUT2D eigenvalue weighted by molar-refractivity contribution is 0.0740. The fourth-order valence-corrected chi connectivity index (χ4v) is 3.82. The van der Waals surface area contributed by atoms with Crippen molar-refractivity contribution >= 4 is 23.3 Å². The molecule has 3 aromatic heterocycles. The molecule has 0 aliphatic carbocycles. The first-order chi connectivity index (χ1) is 16.0. The molecule has 0 saturated carbocycles. The molecule has 8 heteroatoms. The van der Waals surface area contributed by atoms with Crippen molar-refractivity contribution in [3.05, 3.63) is 78.0 Å². The summed E-state index contributed by atoms with van der Waals surface area (Å²) in [6, 6.07) is 13.7. The Balaban J connectivity index is 1.47. The minimum absolute atomic E-state index is 0.465. The highest BCUT2D eigenvalue weighted by Crippen LogP contribution is 2.30. The van der Waals surface area contributed by atoms with Crippen LogP contribution in [-0.2, 0) is 18.6 Å². The molecule has 0 saturated heterocycles. The Morgan fingerprint density at radius 1 is 1.06 bits per heavy atom. The van der Waals surface area contributed by atoms with Crippen LogP contribution in [-0.4, -0.2) is 26.6 Å². The molecule has 1 aliphatic heterocycles. The summed E-state index contributed by atoms with van der Waals surface area (Å²) in [5, 5.41) is 20.3. The van der Waals surface area contributed by atoms with Crippen LogP contribution in [0, 0.1) is 0 Å². The monoisotopic (exact) mass is 442 g/mol. The van der Waals surface area contributed by atoms with Gasteiger partial charge in [-0.2, -0.15) is 4.98 Å². The second-order valence-electron chi connectivity index (χ2n) is 8.60. The van der Waals surface area contributed by atoms with Crippen LogP contribution in [0.1, 0.15) is 30.7 Å². The van der Waals surface area contributed by atoms with Crippen molar-refractivity contribution in [1.29, 1.82) is 0 Å². The number of hydrogen-bond donors (Lipinski definition) is 4. The van der Waals surface area contributed by atoms with Gasteiger partial charge in [0.05, 0.1) is 18.2 Å². The minimum atomic E-state index is -1.05. The zero-order valence-corrected chi connectivity index (χ0v) is 18.6. The van der Waals surface area contributed by atoms with Gasteiger partial charge in [-0.1, -0.05) is 12.1 Å². The lowest BCUT2D eigenvalue weighted by Crippen LogP contribution is -2.23. The average molecular weight is 443 g/mol. The van der Waals surface area contributed by atoms with Gasteiger partial charge in [-0.15, -0.1) is 0 Å². The van der Waals surface area contributed by atoms with E-state index in [0.29, 0.717) is 23.3 Å². The van der Waals surface area contributed by atoms with Crippen molar-refractivity contribution in [2.75, 3.05) is 17.2 Å². The molecule has 33 heavy (non-hydrogen) atoms. The van der Waals surface area contributed by atoms with Gasteiger partial charge >= 0.3 is 0 Å². The smallest absolute Gasteiger partial charge is 0.229 e. The van der Waals surface area contributed by atoms with E-state index in [4.69, 9.17) is 9.40 Å². The Bertz CT molecular complexity index is 1260. The molecular formula is C25H26N6O2. The highest BCUT2D eigenvalue weighted by Gasteiger charge is 2.19. The molecule has 0 fully saturated rings. The summed E-state index contributed by atoms with van der Waals surface area (Å²) in [6.07, 6.45) is 6.05. The van der Waals surface area contributed by atoms with Crippen molar-refractivity contribution in [2.45, 2.75) is 32.4 Å².